The van der Waals surface area contributed by atoms with E-state index in [9.17, 15) is 24.4 Å². The number of carboxylic acids is 1. The van der Waals surface area contributed by atoms with Crippen molar-refractivity contribution in [3.63, 3.8) is 0 Å². The summed E-state index contributed by atoms with van der Waals surface area (Å²) in [7, 11) is 0. The van der Waals surface area contributed by atoms with Crippen LogP contribution in [0.5, 0.6) is 0 Å². The Kier molecular flexibility index (Phi) is 8.19. The lowest BCUT2D eigenvalue weighted by Crippen LogP contribution is -2.70. The molecule has 6 N–H and O–H groups in total. The Balaban J connectivity index is 1.52. The average Bonchev–Trinajstić information content (AvgIpc) is 3.27. The van der Waals surface area contributed by atoms with Crippen molar-refractivity contribution in [2.75, 3.05) is 17.2 Å². The first kappa shape index (κ1) is 26.4. The summed E-state index contributed by atoms with van der Waals surface area (Å²) in [6, 6.07) is -0.702. The van der Waals surface area contributed by atoms with E-state index in [0.717, 1.165) is 21.1 Å². The summed E-state index contributed by atoms with van der Waals surface area (Å²) in [5.41, 5.74) is 11.4. The number of β-lactam (4-membered cyclic amide) rings is 1. The number of amides is 2. The first-order valence-corrected chi connectivity index (χ1v) is 14.2. The van der Waals surface area contributed by atoms with Crippen LogP contribution in [0.15, 0.2) is 49.4 Å². The minimum Gasteiger partial charge on any atom is -0.477 e. The number of aliphatic carboxylic acids is 1. The molecule has 2 amide bonds. The van der Waals surface area contributed by atoms with Gasteiger partial charge in [-0.3, -0.25) is 19.5 Å². The highest BCUT2D eigenvalue weighted by Crippen LogP contribution is 2.46. The Morgan fingerprint density at radius 3 is 2.83 bits per heavy atom. The number of nitrogens with two attached hydrogens (primary N) is 2. The fraction of sp³-hybridized carbons (Fsp3) is 0.350. The highest BCUT2D eigenvalue weighted by atomic mass is 32.2. The third-order valence-corrected chi connectivity index (χ3v) is 9.86. The van der Waals surface area contributed by atoms with Gasteiger partial charge in [-0.2, -0.15) is 0 Å². The maximum Gasteiger partial charge on any atom is 0.353 e. The predicted octanol–water partition coefficient (Wildman–Crippen LogP) is 1.86. The van der Waals surface area contributed by atoms with Gasteiger partial charge < -0.3 is 21.9 Å². The summed E-state index contributed by atoms with van der Waals surface area (Å²) in [5, 5.41) is 16.3. The van der Waals surface area contributed by atoms with E-state index in [4.69, 9.17) is 11.5 Å². The van der Waals surface area contributed by atoms with Crippen molar-refractivity contribution in [3.05, 3.63) is 45.0 Å². The largest absolute Gasteiger partial charge is 0.477 e. The fourth-order valence-electron chi connectivity index (χ4n) is 3.48. The number of rotatable bonds is 10. The topological polar surface area (TPSA) is 194 Å². The smallest absolute Gasteiger partial charge is 0.353 e. The minimum absolute atomic E-state index is 0.0272. The van der Waals surface area contributed by atoms with Gasteiger partial charge in [0.25, 0.3) is 11.8 Å². The van der Waals surface area contributed by atoms with Crippen molar-refractivity contribution in [2.45, 2.75) is 40.2 Å². The third kappa shape index (κ3) is 5.36. The first-order chi connectivity index (χ1) is 17.2. The fourth-order valence-corrected chi connectivity index (χ4v) is 7.61. The molecule has 0 saturated carbocycles. The quantitative estimate of drug-likeness (QED) is 0.185. The molecule has 4 atom stereocenters. The van der Waals surface area contributed by atoms with Crippen LogP contribution in [0.1, 0.15) is 18.7 Å². The van der Waals surface area contributed by atoms with E-state index in [2.05, 4.69) is 20.5 Å². The van der Waals surface area contributed by atoms with E-state index in [-0.39, 0.29) is 22.6 Å². The molecule has 2 unspecified atom stereocenters. The Labute approximate surface area is 222 Å². The van der Waals surface area contributed by atoms with Crippen LogP contribution >= 0.6 is 46.6 Å². The molecule has 0 aromatic carbocycles. The zero-order valence-electron chi connectivity index (χ0n) is 18.7. The van der Waals surface area contributed by atoms with E-state index in [1.807, 2.05) is 6.92 Å². The van der Waals surface area contributed by atoms with Gasteiger partial charge in [0.2, 0.25) is 6.04 Å². The third-order valence-electron chi connectivity index (χ3n) is 5.09. The molecule has 4 heterocycles. The summed E-state index contributed by atoms with van der Waals surface area (Å²) < 4.78 is 0. The molecule has 1 fully saturated rings. The Morgan fingerprint density at radius 1 is 1.42 bits per heavy atom. The second kappa shape index (κ2) is 11.2. The number of nitrogens with one attached hydrogen (secondary N) is 1. The van der Waals surface area contributed by atoms with Gasteiger partial charge in [0.1, 0.15) is 17.1 Å². The Bertz CT molecular complexity index is 1240. The number of carboxylic acid groups (broad SMARTS) is 1. The van der Waals surface area contributed by atoms with Crippen molar-refractivity contribution in [2.24, 2.45) is 10.9 Å². The second-order valence-corrected chi connectivity index (χ2v) is 12.0. The maximum atomic E-state index is 13.0. The number of anilines is 1. The highest BCUT2D eigenvalue weighted by Gasteiger charge is 2.54. The monoisotopic (exact) mass is 567 g/mol. The second-order valence-electron chi connectivity index (χ2n) is 7.80. The summed E-state index contributed by atoms with van der Waals surface area (Å²) in [6.45, 7) is 1.89. The van der Waals surface area contributed by atoms with Gasteiger partial charge in [-0.25, -0.2) is 9.78 Å². The number of nitroso groups, excluding NO2 is 1. The van der Waals surface area contributed by atoms with Crippen LogP contribution in [0.3, 0.4) is 0 Å². The molecule has 0 aliphatic carbocycles. The van der Waals surface area contributed by atoms with Crippen LogP contribution in [-0.4, -0.2) is 66.7 Å². The Hall–Kier alpha value is -2.66. The number of hydrogen-bond acceptors (Lipinski definition) is 13. The van der Waals surface area contributed by atoms with Crippen LogP contribution in [0.2, 0.25) is 0 Å². The molecule has 2 aromatic rings. The summed E-state index contributed by atoms with van der Waals surface area (Å²) in [5.74, 6) is -1.66. The van der Waals surface area contributed by atoms with Crippen molar-refractivity contribution in [1.82, 2.24) is 20.2 Å². The van der Waals surface area contributed by atoms with Gasteiger partial charge in [0.15, 0.2) is 5.13 Å². The number of fused-ring (bicyclic) bond motifs is 1. The van der Waals surface area contributed by atoms with E-state index >= 15 is 0 Å². The molecule has 0 bridgehead atoms. The van der Waals surface area contributed by atoms with Crippen molar-refractivity contribution < 1.29 is 19.5 Å². The van der Waals surface area contributed by atoms with E-state index < -0.39 is 35.2 Å². The van der Waals surface area contributed by atoms with Crippen molar-refractivity contribution in [3.8, 4) is 0 Å². The van der Waals surface area contributed by atoms with Gasteiger partial charge in [-0.05, 0) is 18.2 Å². The number of carbonyl (C=O) groups excluding carboxylic acids is 2. The molecule has 12 nitrogen and oxygen atoms in total. The number of hydrogen-bond donors (Lipinski definition) is 4. The number of nitrogens with zero attached hydrogens (tertiary/aromatic N) is 4. The van der Waals surface area contributed by atoms with Gasteiger partial charge in [0.05, 0.1) is 5.69 Å². The normalized spacial score (nSPS) is 20.8. The molecule has 1 saturated heterocycles. The molecule has 2 aliphatic rings. The molecule has 2 aromatic heterocycles. The minimum atomic E-state index is -1.46. The lowest BCUT2D eigenvalue weighted by Gasteiger charge is -2.49. The van der Waals surface area contributed by atoms with Gasteiger partial charge >= 0.3 is 5.97 Å². The van der Waals surface area contributed by atoms with E-state index in [1.165, 1.54) is 45.6 Å². The molecular formula is C20H21N7O5S4. The van der Waals surface area contributed by atoms with Crippen molar-refractivity contribution >= 4 is 69.5 Å². The Morgan fingerprint density at radius 2 is 2.19 bits per heavy atom. The number of aromatic nitrogens is 2. The molecule has 0 radical (unpaired) electrons. The molecule has 0 spiro atoms. The zero-order chi connectivity index (χ0) is 26.0. The number of pyridine rings is 1. The van der Waals surface area contributed by atoms with Crippen LogP contribution in [0.4, 0.5) is 5.13 Å². The average molecular weight is 568 g/mol. The summed E-state index contributed by atoms with van der Waals surface area (Å²) in [4.78, 5) is 60.5. The van der Waals surface area contributed by atoms with Crippen LogP contribution < -0.4 is 16.8 Å². The first-order valence-electron chi connectivity index (χ1n) is 10.5. The summed E-state index contributed by atoms with van der Waals surface area (Å²) >= 11 is 5.16. The zero-order valence-corrected chi connectivity index (χ0v) is 22.0. The van der Waals surface area contributed by atoms with Crippen molar-refractivity contribution in [1.29, 1.82) is 0 Å². The van der Waals surface area contributed by atoms with Crippen LogP contribution in [0.25, 0.3) is 0 Å². The standard InChI is InChI=1S/C20H21N7O5S4/c1-8(21)5-33-11-4-23-3-2-10(11)36-12-7-34-18-14(17(29)27(18)15(12)19(30)31)25-16(28)13(26-32)9-6-35-20(22)24-9/h2-4,6,8,13-14,18H,5,7,21H2,1H3,(H2,22,24)(H,25,28)(H,30,31)/t8?,13?,14-,18+/m1/s1. The maximum absolute atomic E-state index is 13.0. The lowest BCUT2D eigenvalue weighted by atomic mass is 10.0. The molecule has 190 valence electrons. The van der Waals surface area contributed by atoms with Gasteiger partial charge in [-0.1, -0.05) is 11.8 Å². The molecular weight excluding hydrogens is 547 g/mol. The number of thiazole rings is 1. The predicted molar refractivity (Wildman–Crippen MR) is 139 cm³/mol. The van der Waals surface area contributed by atoms with E-state index in [1.54, 1.807) is 18.5 Å². The summed E-state index contributed by atoms with van der Waals surface area (Å²) in [6.07, 6.45) is 3.31. The highest BCUT2D eigenvalue weighted by molar-refractivity contribution is 8.07. The lowest BCUT2D eigenvalue weighted by molar-refractivity contribution is -0.150. The molecule has 36 heavy (non-hydrogen) atoms. The van der Waals surface area contributed by atoms with Gasteiger partial charge in [-0.15, -0.1) is 39.8 Å². The molecule has 16 heteroatoms. The number of carbonyl (C=O) groups is 3. The van der Waals surface area contributed by atoms with Crippen LogP contribution in [-0.2, 0) is 14.4 Å². The molecule has 2 aliphatic heterocycles. The number of nitrogen functional groups attached to an aromatic ring is 1. The van der Waals surface area contributed by atoms with Gasteiger partial charge in [0, 0.05) is 50.0 Å². The van der Waals surface area contributed by atoms with Crippen LogP contribution in [0, 0.1) is 4.91 Å². The van der Waals surface area contributed by atoms with E-state index in [0.29, 0.717) is 16.4 Å². The number of thioether (sulfide) groups is 3. The molecule has 4 rings (SSSR count). The SMILES string of the molecule is CC(N)CSc1cnccc1SC1=C(C(=O)O)N2C(=O)[C@@H](NC(=O)C(N=O)c3csc(N)n3)[C@@H]2SC1.